The summed E-state index contributed by atoms with van der Waals surface area (Å²) in [6, 6.07) is 13.7. The van der Waals surface area contributed by atoms with Gasteiger partial charge in [0.25, 0.3) is 0 Å². The molecule has 7 heteroatoms. The predicted octanol–water partition coefficient (Wildman–Crippen LogP) is 3.52. The summed E-state index contributed by atoms with van der Waals surface area (Å²) in [4.78, 5) is 17.5. The Hall–Kier alpha value is -3.06. The fourth-order valence-corrected chi connectivity index (χ4v) is 3.88. The van der Waals surface area contributed by atoms with E-state index in [1.54, 1.807) is 6.07 Å². The highest BCUT2D eigenvalue weighted by molar-refractivity contribution is 5.99. The Balaban J connectivity index is 1.55. The second-order valence-electron chi connectivity index (χ2n) is 7.14. The zero-order valence-electron chi connectivity index (χ0n) is 15.4. The molecule has 2 aromatic carbocycles. The Bertz CT molecular complexity index is 976. The summed E-state index contributed by atoms with van der Waals surface area (Å²) in [6.07, 6.45) is 3.35. The highest BCUT2D eigenvalue weighted by atomic mass is 19.1. The van der Waals surface area contributed by atoms with Gasteiger partial charge in [-0.3, -0.25) is 9.89 Å². The third kappa shape index (κ3) is 3.41. The van der Waals surface area contributed by atoms with Crippen molar-refractivity contribution in [2.24, 2.45) is 5.73 Å². The fourth-order valence-electron chi connectivity index (χ4n) is 3.88. The van der Waals surface area contributed by atoms with Gasteiger partial charge in [-0.1, -0.05) is 25.0 Å². The fraction of sp³-hybridized carbons (Fsp3) is 0.286. The van der Waals surface area contributed by atoms with Gasteiger partial charge in [-0.05, 0) is 54.8 Å². The van der Waals surface area contributed by atoms with Crippen LogP contribution in [0.2, 0.25) is 0 Å². The number of carbonyl (C=O) groups is 1. The quantitative estimate of drug-likeness (QED) is 0.632. The van der Waals surface area contributed by atoms with Crippen molar-refractivity contribution in [2.75, 3.05) is 5.32 Å². The second-order valence-corrected chi connectivity index (χ2v) is 7.14. The molecule has 1 aliphatic rings. The summed E-state index contributed by atoms with van der Waals surface area (Å²) < 4.78 is 13.8. The Morgan fingerprint density at radius 1 is 1.18 bits per heavy atom. The number of carbonyl (C=O) groups excluding carboxylic acids is 1. The number of aromatic nitrogens is 3. The molecule has 0 atom stereocenters. The van der Waals surface area contributed by atoms with Crippen molar-refractivity contribution in [2.45, 2.75) is 37.6 Å². The van der Waals surface area contributed by atoms with Gasteiger partial charge in [-0.15, -0.1) is 0 Å². The van der Waals surface area contributed by atoms with E-state index in [9.17, 15) is 9.18 Å². The molecule has 1 aromatic heterocycles. The monoisotopic (exact) mass is 379 g/mol. The lowest BCUT2D eigenvalue weighted by Gasteiger charge is -2.28. The lowest BCUT2D eigenvalue weighted by atomic mass is 9.78. The van der Waals surface area contributed by atoms with Crippen LogP contribution in [0.1, 0.15) is 37.1 Å². The van der Waals surface area contributed by atoms with Crippen molar-refractivity contribution in [1.82, 2.24) is 15.2 Å². The highest BCUT2D eigenvalue weighted by Gasteiger charge is 2.42. The first-order chi connectivity index (χ1) is 13.6. The van der Waals surface area contributed by atoms with Crippen LogP contribution in [0.15, 0.2) is 48.5 Å². The maximum Gasteiger partial charge on any atom is 0.235 e. The molecule has 1 aliphatic carbocycles. The lowest BCUT2D eigenvalue weighted by molar-refractivity contribution is -0.121. The molecule has 0 radical (unpaired) electrons. The second kappa shape index (κ2) is 7.52. The number of H-pyrrole nitrogens is 1. The number of benzene rings is 2. The largest absolute Gasteiger partial charge is 0.325 e. The maximum absolute atomic E-state index is 13.8. The molecule has 28 heavy (non-hydrogen) atoms. The van der Waals surface area contributed by atoms with Crippen molar-refractivity contribution in [3.05, 3.63) is 65.7 Å². The first-order valence-corrected chi connectivity index (χ1v) is 9.40. The molecule has 1 amide bonds. The molecule has 6 nitrogen and oxygen atoms in total. The molecule has 144 valence electrons. The van der Waals surface area contributed by atoms with Crippen LogP contribution in [0.25, 0.3) is 11.4 Å². The third-order valence-corrected chi connectivity index (χ3v) is 5.39. The highest BCUT2D eigenvalue weighted by Crippen LogP contribution is 2.42. The molecule has 4 N–H and O–H groups in total. The Morgan fingerprint density at radius 3 is 2.57 bits per heavy atom. The molecule has 1 fully saturated rings. The van der Waals surface area contributed by atoms with Crippen molar-refractivity contribution in [3.63, 3.8) is 0 Å². The molecule has 1 heterocycles. The topological polar surface area (TPSA) is 96.7 Å². The van der Waals surface area contributed by atoms with Gasteiger partial charge >= 0.3 is 0 Å². The van der Waals surface area contributed by atoms with Crippen LogP contribution in [0.4, 0.5) is 10.1 Å². The molecule has 3 aromatic rings. The minimum absolute atomic E-state index is 0.0911. The van der Waals surface area contributed by atoms with E-state index in [2.05, 4.69) is 20.5 Å². The molecule has 0 spiro atoms. The average Bonchev–Trinajstić information content (AvgIpc) is 3.39. The summed E-state index contributed by atoms with van der Waals surface area (Å²) in [6.45, 7) is 0.295. The summed E-state index contributed by atoms with van der Waals surface area (Å²) in [7, 11) is 0. The first kappa shape index (κ1) is 18.3. The van der Waals surface area contributed by atoms with Gasteiger partial charge in [-0.2, -0.15) is 5.10 Å². The SMILES string of the molecule is NCc1nc(-c2ccc(NC(=O)C3(c4cccc(F)c4)CCCC3)cc2)n[nH]1. The van der Waals surface area contributed by atoms with Gasteiger partial charge in [0.05, 0.1) is 12.0 Å². The van der Waals surface area contributed by atoms with Gasteiger partial charge in [-0.25, -0.2) is 9.37 Å². The lowest BCUT2D eigenvalue weighted by Crippen LogP contribution is -2.38. The van der Waals surface area contributed by atoms with E-state index in [-0.39, 0.29) is 11.7 Å². The van der Waals surface area contributed by atoms with E-state index < -0.39 is 5.41 Å². The minimum Gasteiger partial charge on any atom is -0.325 e. The molecular weight excluding hydrogens is 357 g/mol. The molecular formula is C21H22FN5O. The van der Waals surface area contributed by atoms with Gasteiger partial charge in [0.2, 0.25) is 5.91 Å². The summed E-state index contributed by atoms with van der Waals surface area (Å²) >= 11 is 0. The number of halogens is 1. The smallest absolute Gasteiger partial charge is 0.235 e. The van der Waals surface area contributed by atoms with E-state index in [0.717, 1.165) is 36.8 Å². The van der Waals surface area contributed by atoms with E-state index >= 15 is 0 Å². The van der Waals surface area contributed by atoms with Crippen LogP contribution >= 0.6 is 0 Å². The Kier molecular flexibility index (Phi) is 4.92. The molecule has 1 saturated carbocycles. The van der Waals surface area contributed by atoms with E-state index in [0.29, 0.717) is 23.9 Å². The number of nitrogens with one attached hydrogen (secondary N) is 2. The van der Waals surface area contributed by atoms with Crippen LogP contribution < -0.4 is 11.1 Å². The zero-order valence-corrected chi connectivity index (χ0v) is 15.4. The van der Waals surface area contributed by atoms with Crippen molar-refractivity contribution >= 4 is 11.6 Å². The van der Waals surface area contributed by atoms with Crippen LogP contribution in [0, 0.1) is 5.82 Å². The predicted molar refractivity (Wildman–Crippen MR) is 105 cm³/mol. The molecule has 0 aliphatic heterocycles. The van der Waals surface area contributed by atoms with Crippen molar-refractivity contribution in [1.29, 1.82) is 0 Å². The van der Waals surface area contributed by atoms with E-state index in [4.69, 9.17) is 5.73 Å². The van der Waals surface area contributed by atoms with Gasteiger partial charge < -0.3 is 11.1 Å². The third-order valence-electron chi connectivity index (χ3n) is 5.39. The van der Waals surface area contributed by atoms with Crippen molar-refractivity contribution in [3.8, 4) is 11.4 Å². The summed E-state index contributed by atoms with van der Waals surface area (Å²) in [5.74, 6) is 0.770. The number of rotatable bonds is 5. The standard InChI is InChI=1S/C21H22FN5O/c22-16-5-3-4-15(12-16)21(10-1-2-11-21)20(28)24-17-8-6-14(7-9-17)19-25-18(13-23)26-27-19/h3-9,12H,1-2,10-11,13,23H2,(H,24,28)(H,25,26,27). The van der Waals surface area contributed by atoms with Gasteiger partial charge in [0.15, 0.2) is 5.82 Å². The molecule has 4 rings (SSSR count). The van der Waals surface area contributed by atoms with Crippen LogP contribution in [-0.2, 0) is 16.8 Å². The molecule has 0 saturated heterocycles. The molecule has 0 unspecified atom stereocenters. The number of nitrogens with two attached hydrogens (primary N) is 1. The average molecular weight is 379 g/mol. The maximum atomic E-state index is 13.8. The minimum atomic E-state index is -0.680. The number of amides is 1. The Labute approximate surface area is 162 Å². The number of hydrogen-bond acceptors (Lipinski definition) is 4. The van der Waals surface area contributed by atoms with Crippen LogP contribution in [0.3, 0.4) is 0 Å². The normalized spacial score (nSPS) is 15.5. The number of anilines is 1. The number of hydrogen-bond donors (Lipinski definition) is 3. The zero-order chi connectivity index (χ0) is 19.6. The number of aromatic amines is 1. The Morgan fingerprint density at radius 2 is 1.93 bits per heavy atom. The van der Waals surface area contributed by atoms with E-state index in [1.807, 2.05) is 30.3 Å². The van der Waals surface area contributed by atoms with Gasteiger partial charge in [0, 0.05) is 11.3 Å². The van der Waals surface area contributed by atoms with Crippen molar-refractivity contribution < 1.29 is 9.18 Å². The molecule has 0 bridgehead atoms. The van der Waals surface area contributed by atoms with E-state index in [1.165, 1.54) is 12.1 Å². The van der Waals surface area contributed by atoms with Crippen LogP contribution in [0.5, 0.6) is 0 Å². The number of nitrogens with zero attached hydrogens (tertiary/aromatic N) is 2. The first-order valence-electron chi connectivity index (χ1n) is 9.40. The summed E-state index contributed by atoms with van der Waals surface area (Å²) in [5.41, 5.74) is 7.12. The van der Waals surface area contributed by atoms with Crippen LogP contribution in [-0.4, -0.2) is 21.1 Å². The van der Waals surface area contributed by atoms with Gasteiger partial charge in [0.1, 0.15) is 11.6 Å². The summed E-state index contributed by atoms with van der Waals surface area (Å²) in [5, 5.41) is 9.92.